The van der Waals surface area contributed by atoms with E-state index in [4.69, 9.17) is 11.6 Å². The van der Waals surface area contributed by atoms with Gasteiger partial charge in [0.25, 0.3) is 5.91 Å². The van der Waals surface area contributed by atoms with Crippen LogP contribution in [0, 0.1) is 0 Å². The number of carbonyl (C=O) groups excluding carboxylic acids is 3. The van der Waals surface area contributed by atoms with Crippen LogP contribution in [0.4, 0.5) is 4.79 Å². The largest absolute Gasteiger partial charge is 0.325 e. The molecular weight excluding hydrogens is 316 g/mol. The number of Topliss-reactive ketones (excluding diaryl/α,β-unsaturated/α-hetero) is 1. The van der Waals surface area contributed by atoms with Crippen LogP contribution in [0.5, 0.6) is 0 Å². The van der Waals surface area contributed by atoms with Gasteiger partial charge in [-0.25, -0.2) is 4.79 Å². The highest BCUT2D eigenvalue weighted by atomic mass is 35.5. The molecule has 1 heterocycles. The van der Waals surface area contributed by atoms with E-state index in [9.17, 15) is 14.4 Å². The molecule has 1 saturated carbocycles. The van der Waals surface area contributed by atoms with Crippen LogP contribution < -0.4 is 5.32 Å². The molecule has 1 unspecified atom stereocenters. The molecule has 1 aromatic carbocycles. The minimum Gasteiger partial charge on any atom is -0.323 e. The van der Waals surface area contributed by atoms with Crippen LogP contribution in [-0.2, 0) is 4.79 Å². The summed E-state index contributed by atoms with van der Waals surface area (Å²) < 4.78 is 0. The first kappa shape index (κ1) is 16.0. The number of urea groups is 1. The zero-order chi connectivity index (χ0) is 16.6. The fourth-order valence-electron chi connectivity index (χ4n) is 3.49. The van der Waals surface area contributed by atoms with Crippen molar-refractivity contribution in [3.05, 3.63) is 34.9 Å². The first-order valence-electron chi connectivity index (χ1n) is 7.90. The van der Waals surface area contributed by atoms with Crippen molar-refractivity contribution in [3.63, 3.8) is 0 Å². The van der Waals surface area contributed by atoms with Crippen molar-refractivity contribution in [1.29, 1.82) is 0 Å². The van der Waals surface area contributed by atoms with Crippen LogP contribution in [0.1, 0.15) is 49.4 Å². The third-order valence-corrected chi connectivity index (χ3v) is 5.01. The Morgan fingerprint density at radius 3 is 2.61 bits per heavy atom. The highest BCUT2D eigenvalue weighted by Gasteiger charge is 2.53. The third-order valence-electron chi connectivity index (χ3n) is 4.78. The number of hydrogen-bond acceptors (Lipinski definition) is 3. The smallest absolute Gasteiger partial charge is 0.323 e. The number of benzene rings is 1. The van der Waals surface area contributed by atoms with Gasteiger partial charge >= 0.3 is 6.03 Å². The van der Waals surface area contributed by atoms with Crippen molar-refractivity contribution in [2.24, 2.45) is 0 Å². The van der Waals surface area contributed by atoms with Crippen LogP contribution >= 0.6 is 11.6 Å². The average Bonchev–Trinajstić information content (AvgIpc) is 2.77. The summed E-state index contributed by atoms with van der Waals surface area (Å²) in [5.41, 5.74) is -0.409. The van der Waals surface area contributed by atoms with Gasteiger partial charge in [0.1, 0.15) is 11.6 Å². The van der Waals surface area contributed by atoms with Gasteiger partial charge < -0.3 is 5.32 Å². The van der Waals surface area contributed by atoms with Crippen molar-refractivity contribution >= 4 is 29.3 Å². The van der Waals surface area contributed by atoms with Gasteiger partial charge in [-0.3, -0.25) is 14.5 Å². The Labute approximate surface area is 140 Å². The molecule has 6 heteroatoms. The van der Waals surface area contributed by atoms with E-state index in [1.54, 1.807) is 31.2 Å². The fourth-order valence-corrected chi connectivity index (χ4v) is 3.68. The number of nitrogens with one attached hydrogen (secondary N) is 1. The maximum atomic E-state index is 12.8. The number of nitrogens with zero attached hydrogens (tertiary/aromatic N) is 1. The van der Waals surface area contributed by atoms with Gasteiger partial charge in [0.2, 0.25) is 0 Å². The number of amides is 3. The lowest BCUT2D eigenvalue weighted by atomic mass is 9.81. The Bertz CT molecular complexity index is 668. The molecule has 1 aliphatic carbocycles. The summed E-state index contributed by atoms with van der Waals surface area (Å²) in [6.07, 6.45) is 4.19. The molecule has 1 saturated heterocycles. The number of hydrogen-bond donors (Lipinski definition) is 1. The number of carbonyl (C=O) groups is 3. The van der Waals surface area contributed by atoms with Crippen LogP contribution in [0.3, 0.4) is 0 Å². The van der Waals surface area contributed by atoms with E-state index >= 15 is 0 Å². The second-order valence-electron chi connectivity index (χ2n) is 6.30. The van der Waals surface area contributed by atoms with Crippen molar-refractivity contribution in [2.75, 3.05) is 0 Å². The molecule has 0 radical (unpaired) electrons. The molecule has 2 aliphatic rings. The molecule has 1 spiro atoms. The predicted octanol–water partition coefficient (Wildman–Crippen LogP) is 3.17. The molecule has 5 nitrogen and oxygen atoms in total. The molecule has 0 bridgehead atoms. The lowest BCUT2D eigenvalue weighted by Crippen LogP contribution is -2.49. The van der Waals surface area contributed by atoms with Crippen LogP contribution in [0.15, 0.2) is 24.3 Å². The molecule has 1 aromatic rings. The van der Waals surface area contributed by atoms with E-state index in [1.165, 1.54) is 0 Å². The second-order valence-corrected chi connectivity index (χ2v) is 6.74. The molecule has 3 amide bonds. The summed E-state index contributed by atoms with van der Waals surface area (Å²) in [5, 5.41) is 3.28. The lowest BCUT2D eigenvalue weighted by molar-refractivity contribution is -0.133. The Morgan fingerprint density at radius 1 is 1.26 bits per heavy atom. The molecule has 23 heavy (non-hydrogen) atoms. The molecule has 2 fully saturated rings. The van der Waals surface area contributed by atoms with Gasteiger partial charge in [-0.2, -0.15) is 0 Å². The van der Waals surface area contributed by atoms with E-state index in [2.05, 4.69) is 5.32 Å². The monoisotopic (exact) mass is 334 g/mol. The normalized spacial score (nSPS) is 21.4. The maximum absolute atomic E-state index is 12.8. The van der Waals surface area contributed by atoms with Gasteiger partial charge in [0.05, 0.1) is 0 Å². The van der Waals surface area contributed by atoms with Gasteiger partial charge in [-0.1, -0.05) is 43.0 Å². The van der Waals surface area contributed by atoms with Crippen molar-refractivity contribution in [1.82, 2.24) is 10.2 Å². The third kappa shape index (κ3) is 2.74. The Morgan fingerprint density at radius 2 is 1.96 bits per heavy atom. The van der Waals surface area contributed by atoms with Gasteiger partial charge in [0.15, 0.2) is 5.78 Å². The summed E-state index contributed by atoms with van der Waals surface area (Å²) in [6, 6.07) is 5.22. The van der Waals surface area contributed by atoms with Gasteiger partial charge in [0, 0.05) is 10.6 Å². The van der Waals surface area contributed by atoms with E-state index in [0.717, 1.165) is 24.2 Å². The zero-order valence-corrected chi connectivity index (χ0v) is 13.7. The first-order chi connectivity index (χ1) is 10.9. The van der Waals surface area contributed by atoms with Gasteiger partial charge in [-0.05, 0) is 31.9 Å². The summed E-state index contributed by atoms with van der Waals surface area (Å²) >= 11 is 5.92. The van der Waals surface area contributed by atoms with Crippen LogP contribution in [-0.4, -0.2) is 34.2 Å². The topological polar surface area (TPSA) is 66.5 Å². The molecule has 1 N–H and O–H groups in total. The quantitative estimate of drug-likeness (QED) is 0.682. The summed E-state index contributed by atoms with van der Waals surface area (Å²) in [7, 11) is 0. The van der Waals surface area contributed by atoms with Crippen LogP contribution in [0.2, 0.25) is 5.02 Å². The number of halogens is 1. The summed E-state index contributed by atoms with van der Waals surface area (Å²) in [5.74, 6) is -0.561. The van der Waals surface area contributed by atoms with E-state index < -0.39 is 17.6 Å². The number of rotatable bonds is 3. The van der Waals surface area contributed by atoms with Crippen LogP contribution in [0.25, 0.3) is 0 Å². The fraction of sp³-hybridized carbons (Fsp3) is 0.471. The standard InChI is InChI=1S/C17H19ClN2O3/c1-11(14(21)12-6-5-7-13(18)10-12)20-15(22)17(19-16(20)23)8-3-2-4-9-17/h5-7,10-11H,2-4,8-9H2,1H3,(H,19,23). The molecule has 0 aromatic heterocycles. The first-order valence-corrected chi connectivity index (χ1v) is 8.28. The highest BCUT2D eigenvalue weighted by Crippen LogP contribution is 2.34. The average molecular weight is 335 g/mol. The van der Waals surface area contributed by atoms with E-state index in [0.29, 0.717) is 23.4 Å². The predicted molar refractivity (Wildman–Crippen MR) is 86.4 cm³/mol. The summed E-state index contributed by atoms with van der Waals surface area (Å²) in [6.45, 7) is 1.59. The Hall–Kier alpha value is -1.88. The van der Waals surface area contributed by atoms with Gasteiger partial charge in [-0.15, -0.1) is 0 Å². The van der Waals surface area contributed by atoms with E-state index in [1.807, 2.05) is 0 Å². The Kier molecular flexibility index (Phi) is 4.15. The maximum Gasteiger partial charge on any atom is 0.325 e. The minimum atomic E-state index is -0.845. The molecular formula is C17H19ClN2O3. The number of ketones is 1. The summed E-state index contributed by atoms with van der Waals surface area (Å²) in [4.78, 5) is 38.8. The molecule has 3 rings (SSSR count). The Balaban J connectivity index is 1.84. The molecule has 1 aliphatic heterocycles. The van der Waals surface area contributed by atoms with Crippen molar-refractivity contribution in [3.8, 4) is 0 Å². The minimum absolute atomic E-state index is 0.273. The lowest BCUT2D eigenvalue weighted by Gasteiger charge is -2.31. The van der Waals surface area contributed by atoms with Crippen molar-refractivity contribution in [2.45, 2.75) is 50.6 Å². The molecule has 1 atom stereocenters. The number of imide groups is 1. The second kappa shape index (κ2) is 5.96. The highest BCUT2D eigenvalue weighted by molar-refractivity contribution is 6.31. The SMILES string of the molecule is CC(C(=O)c1cccc(Cl)c1)N1C(=O)NC2(CCCCC2)C1=O. The zero-order valence-electron chi connectivity index (χ0n) is 13.0. The van der Waals surface area contributed by atoms with Crippen molar-refractivity contribution < 1.29 is 14.4 Å². The van der Waals surface area contributed by atoms with E-state index in [-0.39, 0.29) is 11.7 Å². The molecule has 122 valence electrons.